The summed E-state index contributed by atoms with van der Waals surface area (Å²) in [5.41, 5.74) is 1.52. The third-order valence-electron chi connectivity index (χ3n) is 4.69. The lowest BCUT2D eigenvalue weighted by Crippen LogP contribution is -2.40. The Morgan fingerprint density at radius 3 is 2.81 bits per heavy atom. The Labute approximate surface area is 161 Å². The van der Waals surface area contributed by atoms with E-state index in [1.807, 2.05) is 12.1 Å². The Hall–Kier alpha value is -2.54. The highest BCUT2D eigenvalue weighted by molar-refractivity contribution is 7.17. The van der Waals surface area contributed by atoms with E-state index in [0.717, 1.165) is 36.1 Å². The van der Waals surface area contributed by atoms with Crippen LogP contribution in [-0.4, -0.2) is 31.2 Å². The number of anilines is 1. The molecule has 0 saturated heterocycles. The summed E-state index contributed by atoms with van der Waals surface area (Å²) in [6, 6.07) is 7.25. The Bertz CT molecular complexity index is 875. The van der Waals surface area contributed by atoms with E-state index >= 15 is 0 Å². The first-order valence-corrected chi connectivity index (χ1v) is 10.00. The smallest absolute Gasteiger partial charge is 0.341 e. The molecule has 0 saturated carbocycles. The molecular weight excluding hydrogens is 366 g/mol. The van der Waals surface area contributed by atoms with Crippen LogP contribution in [0.4, 0.5) is 5.00 Å². The average molecular weight is 387 g/mol. The lowest BCUT2D eigenvalue weighted by Gasteiger charge is -2.25. The third kappa shape index (κ3) is 3.51. The number of hydrogen-bond donors (Lipinski definition) is 1. The van der Waals surface area contributed by atoms with E-state index in [1.54, 1.807) is 19.1 Å². The molecule has 1 aromatic carbocycles. The molecule has 1 N–H and O–H groups in total. The number of aryl methyl sites for hydroxylation is 1. The molecule has 2 aliphatic rings. The molecule has 1 atom stereocenters. The number of ether oxygens (including phenoxy) is 3. The zero-order chi connectivity index (χ0) is 18.8. The van der Waals surface area contributed by atoms with Crippen molar-refractivity contribution in [3.8, 4) is 11.5 Å². The van der Waals surface area contributed by atoms with Gasteiger partial charge in [-0.3, -0.25) is 4.79 Å². The Balaban J connectivity index is 1.56. The number of benzene rings is 1. The van der Waals surface area contributed by atoms with E-state index < -0.39 is 6.10 Å². The first-order chi connectivity index (χ1) is 13.2. The summed E-state index contributed by atoms with van der Waals surface area (Å²) in [5, 5.41) is 3.43. The molecule has 1 unspecified atom stereocenters. The minimum atomic E-state index is -0.769. The average Bonchev–Trinajstić information content (AvgIpc) is 3.05. The van der Waals surface area contributed by atoms with Gasteiger partial charge in [0, 0.05) is 4.88 Å². The first kappa shape index (κ1) is 17.9. The summed E-state index contributed by atoms with van der Waals surface area (Å²) >= 11 is 1.46. The fourth-order valence-electron chi connectivity index (χ4n) is 3.41. The van der Waals surface area contributed by atoms with Crippen LogP contribution in [-0.2, 0) is 22.4 Å². The predicted octanol–water partition coefficient (Wildman–Crippen LogP) is 3.58. The molecule has 1 aromatic heterocycles. The largest absolute Gasteiger partial charge is 0.485 e. The molecule has 27 heavy (non-hydrogen) atoms. The fraction of sp³-hybridized carbons (Fsp3) is 0.400. The van der Waals surface area contributed by atoms with Gasteiger partial charge in [0.15, 0.2) is 11.5 Å². The molecule has 0 fully saturated rings. The van der Waals surface area contributed by atoms with Gasteiger partial charge in [-0.05, 0) is 50.3 Å². The van der Waals surface area contributed by atoms with Crippen molar-refractivity contribution in [2.75, 3.05) is 18.5 Å². The molecule has 6 nitrogen and oxygen atoms in total. The molecule has 1 aliphatic carbocycles. The van der Waals surface area contributed by atoms with Crippen molar-refractivity contribution in [1.82, 2.24) is 0 Å². The minimum Gasteiger partial charge on any atom is -0.485 e. The highest BCUT2D eigenvalue weighted by Gasteiger charge is 2.31. The van der Waals surface area contributed by atoms with Crippen molar-refractivity contribution >= 4 is 28.2 Å². The van der Waals surface area contributed by atoms with Gasteiger partial charge < -0.3 is 19.5 Å². The highest BCUT2D eigenvalue weighted by Crippen LogP contribution is 2.39. The summed E-state index contributed by atoms with van der Waals surface area (Å²) in [6.07, 6.45) is 3.14. The van der Waals surface area contributed by atoms with Crippen LogP contribution < -0.4 is 14.8 Å². The van der Waals surface area contributed by atoms with Crippen molar-refractivity contribution < 1.29 is 23.8 Å². The fourth-order valence-corrected chi connectivity index (χ4v) is 4.69. The standard InChI is InChI=1S/C20H21NO5S/c1-2-24-20(23)17-12-7-3-6-10-16(12)27-19(17)21-18(22)15-11-25-13-8-4-5-9-14(13)26-15/h4-5,8-9,15H,2-3,6-7,10-11H2,1H3,(H,21,22). The number of fused-ring (bicyclic) bond motifs is 2. The number of nitrogens with one attached hydrogen (secondary N) is 1. The van der Waals surface area contributed by atoms with Crippen molar-refractivity contribution in [3.05, 3.63) is 40.3 Å². The molecule has 1 aliphatic heterocycles. The van der Waals surface area contributed by atoms with E-state index in [1.165, 1.54) is 11.3 Å². The van der Waals surface area contributed by atoms with Crippen molar-refractivity contribution in [3.63, 3.8) is 0 Å². The number of amides is 1. The Morgan fingerprint density at radius 1 is 1.22 bits per heavy atom. The van der Waals surface area contributed by atoms with Crippen LogP contribution in [0.15, 0.2) is 24.3 Å². The van der Waals surface area contributed by atoms with Crippen LogP contribution in [0, 0.1) is 0 Å². The lowest BCUT2D eigenvalue weighted by atomic mass is 9.95. The van der Waals surface area contributed by atoms with Gasteiger partial charge in [-0.15, -0.1) is 11.3 Å². The maximum Gasteiger partial charge on any atom is 0.341 e. The summed E-state index contributed by atoms with van der Waals surface area (Å²) in [4.78, 5) is 26.4. The quantitative estimate of drug-likeness (QED) is 0.812. The van der Waals surface area contributed by atoms with Crippen molar-refractivity contribution in [1.29, 1.82) is 0 Å². The number of esters is 1. The topological polar surface area (TPSA) is 73.9 Å². The van der Waals surface area contributed by atoms with Gasteiger partial charge >= 0.3 is 5.97 Å². The number of para-hydroxylation sites is 2. The predicted molar refractivity (Wildman–Crippen MR) is 102 cm³/mol. The van der Waals surface area contributed by atoms with Crippen molar-refractivity contribution in [2.45, 2.75) is 38.7 Å². The molecule has 1 amide bonds. The van der Waals surface area contributed by atoms with Crippen LogP contribution in [0.25, 0.3) is 0 Å². The molecule has 4 rings (SSSR count). The Morgan fingerprint density at radius 2 is 2.00 bits per heavy atom. The van der Waals surface area contributed by atoms with Crippen LogP contribution in [0.2, 0.25) is 0 Å². The summed E-state index contributed by atoms with van der Waals surface area (Å²) < 4.78 is 16.6. The van der Waals surface area contributed by atoms with Crippen LogP contribution in [0.1, 0.15) is 40.6 Å². The summed E-state index contributed by atoms with van der Waals surface area (Å²) in [6.45, 7) is 2.20. The summed E-state index contributed by atoms with van der Waals surface area (Å²) in [5.74, 6) is 0.465. The van der Waals surface area contributed by atoms with Gasteiger partial charge in [0.1, 0.15) is 11.6 Å². The molecule has 2 heterocycles. The molecule has 7 heteroatoms. The molecule has 0 spiro atoms. The second kappa shape index (κ2) is 7.60. The number of thiophene rings is 1. The Kier molecular flexibility index (Phi) is 5.03. The second-order valence-electron chi connectivity index (χ2n) is 6.49. The normalized spacial score (nSPS) is 17.7. The van der Waals surface area contributed by atoms with Crippen LogP contribution in [0.5, 0.6) is 11.5 Å². The van der Waals surface area contributed by atoms with Crippen LogP contribution in [0.3, 0.4) is 0 Å². The van der Waals surface area contributed by atoms with E-state index in [9.17, 15) is 9.59 Å². The zero-order valence-corrected chi connectivity index (χ0v) is 15.9. The lowest BCUT2D eigenvalue weighted by molar-refractivity contribution is -0.125. The molecule has 0 radical (unpaired) electrons. The number of rotatable bonds is 4. The van der Waals surface area contributed by atoms with E-state index in [0.29, 0.717) is 28.7 Å². The van der Waals surface area contributed by atoms with Gasteiger partial charge in [0.05, 0.1) is 12.2 Å². The maximum absolute atomic E-state index is 12.8. The van der Waals surface area contributed by atoms with Gasteiger partial charge in [0.2, 0.25) is 6.10 Å². The summed E-state index contributed by atoms with van der Waals surface area (Å²) in [7, 11) is 0. The number of hydrogen-bond acceptors (Lipinski definition) is 6. The van der Waals surface area contributed by atoms with E-state index in [-0.39, 0.29) is 18.5 Å². The molecular formula is C20H21NO5S. The third-order valence-corrected chi connectivity index (χ3v) is 5.90. The van der Waals surface area contributed by atoms with Gasteiger partial charge in [0.25, 0.3) is 5.91 Å². The van der Waals surface area contributed by atoms with Gasteiger partial charge in [-0.25, -0.2) is 4.79 Å². The maximum atomic E-state index is 12.8. The minimum absolute atomic E-state index is 0.128. The first-order valence-electron chi connectivity index (χ1n) is 9.18. The van der Waals surface area contributed by atoms with Crippen LogP contribution >= 0.6 is 11.3 Å². The molecule has 142 valence electrons. The number of carbonyl (C=O) groups is 2. The SMILES string of the molecule is CCOC(=O)c1c(NC(=O)C2COc3ccccc3O2)sc2c1CCCC2. The monoisotopic (exact) mass is 387 g/mol. The molecule has 0 bridgehead atoms. The van der Waals surface area contributed by atoms with Gasteiger partial charge in [-0.1, -0.05) is 12.1 Å². The van der Waals surface area contributed by atoms with E-state index in [4.69, 9.17) is 14.2 Å². The van der Waals surface area contributed by atoms with Gasteiger partial charge in [-0.2, -0.15) is 0 Å². The number of carbonyl (C=O) groups excluding carboxylic acids is 2. The molecule has 2 aromatic rings. The highest BCUT2D eigenvalue weighted by atomic mass is 32.1. The van der Waals surface area contributed by atoms with Crippen molar-refractivity contribution in [2.24, 2.45) is 0 Å². The zero-order valence-electron chi connectivity index (χ0n) is 15.1. The second-order valence-corrected chi connectivity index (χ2v) is 7.59. The van der Waals surface area contributed by atoms with E-state index in [2.05, 4.69) is 5.32 Å².